The van der Waals surface area contributed by atoms with Crippen molar-refractivity contribution in [3.05, 3.63) is 0 Å². The molecule has 0 amide bonds. The molecule has 0 heterocycles. The Morgan fingerprint density at radius 3 is 2.33 bits per heavy atom. The van der Waals surface area contributed by atoms with Crippen LogP contribution in [-0.4, -0.2) is 35.7 Å². The number of hydrogen-bond acceptors (Lipinski definition) is 2. The van der Waals surface area contributed by atoms with E-state index in [2.05, 4.69) is 11.9 Å². The molecule has 0 aromatic heterocycles. The highest BCUT2D eigenvalue weighted by molar-refractivity contribution is 5.85. The molecule has 2 saturated carbocycles. The fourth-order valence-electron chi connectivity index (χ4n) is 1.78. The Bertz CT molecular complexity index is 143. The number of rotatable bonds is 3. The first-order valence-electron chi connectivity index (χ1n) is 4.64. The normalized spacial score (nSPS) is 34.2. The van der Waals surface area contributed by atoms with Gasteiger partial charge in [0.05, 0.1) is 6.10 Å². The zero-order valence-corrected chi connectivity index (χ0v) is 8.39. The van der Waals surface area contributed by atoms with Crippen molar-refractivity contribution in [3.8, 4) is 0 Å². The van der Waals surface area contributed by atoms with Crippen molar-refractivity contribution < 1.29 is 5.11 Å². The average molecular weight is 192 g/mol. The van der Waals surface area contributed by atoms with Crippen LogP contribution in [-0.2, 0) is 0 Å². The van der Waals surface area contributed by atoms with E-state index in [0.717, 1.165) is 18.8 Å². The first kappa shape index (κ1) is 10.3. The van der Waals surface area contributed by atoms with E-state index in [9.17, 15) is 0 Å². The van der Waals surface area contributed by atoms with E-state index in [4.69, 9.17) is 5.11 Å². The lowest BCUT2D eigenvalue weighted by atomic mass is 9.88. The Kier molecular flexibility index (Phi) is 3.38. The van der Waals surface area contributed by atoms with Crippen molar-refractivity contribution in [3.63, 3.8) is 0 Å². The largest absolute Gasteiger partial charge is 0.393 e. The van der Waals surface area contributed by atoms with Crippen molar-refractivity contribution in [1.82, 2.24) is 4.90 Å². The standard InChI is InChI=1S/C9H17NO.ClH/c1-10(6-7-2-3-7)8-4-9(11)5-8;/h7-9,11H,2-6H2,1H3;1H. The summed E-state index contributed by atoms with van der Waals surface area (Å²) in [6, 6.07) is 0.686. The molecule has 0 aliphatic heterocycles. The number of aliphatic hydroxyl groups is 1. The Hall–Kier alpha value is 0.210. The molecular weight excluding hydrogens is 174 g/mol. The molecule has 0 spiro atoms. The number of aliphatic hydroxyl groups excluding tert-OH is 1. The number of halogens is 1. The van der Waals surface area contributed by atoms with Gasteiger partial charge >= 0.3 is 0 Å². The first-order valence-corrected chi connectivity index (χ1v) is 4.64. The van der Waals surface area contributed by atoms with Crippen LogP contribution in [0.4, 0.5) is 0 Å². The number of hydrogen-bond donors (Lipinski definition) is 1. The molecule has 12 heavy (non-hydrogen) atoms. The van der Waals surface area contributed by atoms with Crippen LogP contribution in [0.3, 0.4) is 0 Å². The highest BCUT2D eigenvalue weighted by Gasteiger charge is 2.33. The van der Waals surface area contributed by atoms with Gasteiger partial charge in [-0.2, -0.15) is 0 Å². The molecule has 0 bridgehead atoms. The molecule has 2 aliphatic carbocycles. The van der Waals surface area contributed by atoms with Gasteiger partial charge in [0, 0.05) is 12.6 Å². The van der Waals surface area contributed by atoms with E-state index in [0.29, 0.717) is 6.04 Å². The Labute approximate surface area is 80.4 Å². The Morgan fingerprint density at radius 2 is 1.92 bits per heavy atom. The van der Waals surface area contributed by atoms with Crippen molar-refractivity contribution >= 4 is 12.4 Å². The third-order valence-corrected chi connectivity index (χ3v) is 2.95. The molecule has 3 heteroatoms. The first-order chi connectivity index (χ1) is 5.25. The van der Waals surface area contributed by atoms with E-state index in [1.807, 2.05) is 0 Å². The molecule has 0 atom stereocenters. The lowest BCUT2D eigenvalue weighted by molar-refractivity contribution is 0.0107. The summed E-state index contributed by atoms with van der Waals surface area (Å²) in [4.78, 5) is 2.42. The maximum atomic E-state index is 9.09. The zero-order valence-electron chi connectivity index (χ0n) is 7.57. The molecule has 1 N–H and O–H groups in total. The second-order valence-corrected chi connectivity index (χ2v) is 4.16. The van der Waals surface area contributed by atoms with Gasteiger partial charge in [0.2, 0.25) is 0 Å². The van der Waals surface area contributed by atoms with Gasteiger partial charge in [-0.3, -0.25) is 0 Å². The molecule has 0 unspecified atom stereocenters. The predicted molar refractivity (Wildman–Crippen MR) is 51.6 cm³/mol. The Balaban J connectivity index is 0.000000720. The van der Waals surface area contributed by atoms with E-state index in [1.165, 1.54) is 19.4 Å². The van der Waals surface area contributed by atoms with Gasteiger partial charge in [0.1, 0.15) is 0 Å². The highest BCUT2D eigenvalue weighted by atomic mass is 35.5. The minimum atomic E-state index is 0. The van der Waals surface area contributed by atoms with Crippen molar-refractivity contribution in [2.24, 2.45) is 5.92 Å². The van der Waals surface area contributed by atoms with Crippen LogP contribution in [0.25, 0.3) is 0 Å². The van der Waals surface area contributed by atoms with Gasteiger partial charge in [-0.15, -0.1) is 12.4 Å². The molecule has 72 valence electrons. The van der Waals surface area contributed by atoms with E-state index in [-0.39, 0.29) is 18.5 Å². The minimum Gasteiger partial charge on any atom is -0.393 e. The third kappa shape index (κ3) is 2.35. The molecule has 2 nitrogen and oxygen atoms in total. The Morgan fingerprint density at radius 1 is 1.33 bits per heavy atom. The van der Waals surface area contributed by atoms with Crippen LogP contribution < -0.4 is 0 Å². The SMILES string of the molecule is CN(CC1CC1)C1CC(O)C1.Cl. The maximum absolute atomic E-state index is 9.09. The topological polar surface area (TPSA) is 23.5 Å². The van der Waals surface area contributed by atoms with Crippen molar-refractivity contribution in [1.29, 1.82) is 0 Å². The monoisotopic (exact) mass is 191 g/mol. The highest BCUT2D eigenvalue weighted by Crippen LogP contribution is 2.32. The predicted octanol–water partition coefficient (Wildman–Crippen LogP) is 1.27. The van der Waals surface area contributed by atoms with Gasteiger partial charge in [-0.05, 0) is 38.6 Å². The summed E-state index contributed by atoms with van der Waals surface area (Å²) < 4.78 is 0. The van der Waals surface area contributed by atoms with Crippen LogP contribution in [0.15, 0.2) is 0 Å². The van der Waals surface area contributed by atoms with E-state index < -0.39 is 0 Å². The molecule has 0 aromatic rings. The quantitative estimate of drug-likeness (QED) is 0.727. The lowest BCUT2D eigenvalue weighted by Gasteiger charge is -2.38. The minimum absolute atomic E-state index is 0. The second kappa shape index (κ2) is 3.95. The van der Waals surface area contributed by atoms with Gasteiger partial charge in [0.15, 0.2) is 0 Å². The second-order valence-electron chi connectivity index (χ2n) is 4.16. The van der Waals surface area contributed by atoms with Crippen LogP contribution in [0.1, 0.15) is 25.7 Å². The van der Waals surface area contributed by atoms with E-state index in [1.54, 1.807) is 0 Å². The molecule has 2 aliphatic rings. The van der Waals surface area contributed by atoms with Gasteiger partial charge in [-0.1, -0.05) is 0 Å². The maximum Gasteiger partial charge on any atom is 0.0570 e. The number of nitrogens with zero attached hydrogens (tertiary/aromatic N) is 1. The van der Waals surface area contributed by atoms with Crippen LogP contribution in [0.5, 0.6) is 0 Å². The summed E-state index contributed by atoms with van der Waals surface area (Å²) in [5.74, 6) is 0.984. The van der Waals surface area contributed by atoms with Gasteiger partial charge in [-0.25, -0.2) is 0 Å². The third-order valence-electron chi connectivity index (χ3n) is 2.95. The fourth-order valence-corrected chi connectivity index (χ4v) is 1.78. The fraction of sp³-hybridized carbons (Fsp3) is 1.00. The van der Waals surface area contributed by atoms with Crippen LogP contribution in [0, 0.1) is 5.92 Å². The summed E-state index contributed by atoms with van der Waals surface area (Å²) in [6.07, 6.45) is 4.87. The summed E-state index contributed by atoms with van der Waals surface area (Å²) >= 11 is 0. The van der Waals surface area contributed by atoms with E-state index >= 15 is 0 Å². The molecule has 2 rings (SSSR count). The molecule has 0 aromatic carbocycles. The molecular formula is C9H18ClNO. The van der Waals surface area contributed by atoms with Gasteiger partial charge in [0.25, 0.3) is 0 Å². The smallest absolute Gasteiger partial charge is 0.0570 e. The van der Waals surface area contributed by atoms with Crippen LogP contribution in [0.2, 0.25) is 0 Å². The van der Waals surface area contributed by atoms with Crippen LogP contribution >= 0.6 is 12.4 Å². The molecule has 2 fully saturated rings. The molecule has 0 radical (unpaired) electrons. The summed E-state index contributed by atoms with van der Waals surface area (Å²) in [5, 5.41) is 9.09. The lowest BCUT2D eigenvalue weighted by Crippen LogP contribution is -2.45. The van der Waals surface area contributed by atoms with Crippen molar-refractivity contribution in [2.45, 2.75) is 37.8 Å². The summed E-state index contributed by atoms with van der Waals surface area (Å²) in [7, 11) is 2.19. The molecule has 0 saturated heterocycles. The zero-order chi connectivity index (χ0) is 7.84. The van der Waals surface area contributed by atoms with Gasteiger partial charge < -0.3 is 10.0 Å². The average Bonchev–Trinajstić information content (AvgIpc) is 2.64. The summed E-state index contributed by atoms with van der Waals surface area (Å²) in [5.41, 5.74) is 0. The summed E-state index contributed by atoms with van der Waals surface area (Å²) in [6.45, 7) is 1.26. The van der Waals surface area contributed by atoms with Crippen molar-refractivity contribution in [2.75, 3.05) is 13.6 Å².